The van der Waals surface area contributed by atoms with Crippen LogP contribution in [0.15, 0.2) is 12.4 Å². The number of piperazine rings is 1. The van der Waals surface area contributed by atoms with E-state index in [1.54, 1.807) is 6.33 Å². The maximum Gasteiger partial charge on any atom is 0.185 e. The fraction of sp³-hybridized carbons (Fsp3) is 0.632. The van der Waals surface area contributed by atoms with Crippen LogP contribution in [0.25, 0.3) is 0 Å². The Labute approximate surface area is 164 Å². The van der Waals surface area contributed by atoms with E-state index in [1.807, 2.05) is 11.3 Å². The molecule has 0 bridgehead atoms. The van der Waals surface area contributed by atoms with Gasteiger partial charge in [-0.3, -0.25) is 0 Å². The van der Waals surface area contributed by atoms with Crippen LogP contribution in [0, 0.1) is 0 Å². The smallest absolute Gasteiger partial charge is 0.185 e. The first-order valence-corrected chi connectivity index (χ1v) is 10.8. The minimum absolute atomic E-state index is 0.774. The highest BCUT2D eigenvalue weighted by atomic mass is 32.1. The number of thiazole rings is 1. The molecule has 0 radical (unpaired) electrons. The molecule has 0 aromatic carbocycles. The van der Waals surface area contributed by atoms with Crippen LogP contribution in [0.3, 0.4) is 0 Å². The molecule has 8 heteroatoms. The first-order chi connectivity index (χ1) is 13.4. The van der Waals surface area contributed by atoms with Gasteiger partial charge in [-0.05, 0) is 25.7 Å². The van der Waals surface area contributed by atoms with E-state index >= 15 is 0 Å². The van der Waals surface area contributed by atoms with Crippen molar-refractivity contribution in [1.29, 1.82) is 0 Å². The standard InChI is InChI=1S/C19H26N6OS/c1-2-4-16-15(3-1)22-19(27-16)25-7-5-23(6-8-25)17-13-18(21-14-20-17)24-9-11-26-12-10-24/h13-14H,1-12H2. The molecule has 0 amide bonds. The van der Waals surface area contributed by atoms with Crippen molar-refractivity contribution >= 4 is 28.1 Å². The normalized spacial score (nSPS) is 20.7. The van der Waals surface area contributed by atoms with Gasteiger partial charge in [0.15, 0.2) is 5.13 Å². The van der Waals surface area contributed by atoms with Crippen LogP contribution in [0.5, 0.6) is 0 Å². The highest BCUT2D eigenvalue weighted by Gasteiger charge is 2.24. The minimum atomic E-state index is 0.774. The molecular weight excluding hydrogens is 360 g/mol. The van der Waals surface area contributed by atoms with Crippen molar-refractivity contribution in [3.05, 3.63) is 23.0 Å². The molecule has 144 valence electrons. The van der Waals surface area contributed by atoms with Crippen molar-refractivity contribution in [2.24, 2.45) is 0 Å². The number of rotatable bonds is 3. The van der Waals surface area contributed by atoms with Gasteiger partial charge in [0.1, 0.15) is 18.0 Å². The minimum Gasteiger partial charge on any atom is -0.378 e. The van der Waals surface area contributed by atoms with Crippen LogP contribution in [-0.4, -0.2) is 67.4 Å². The summed E-state index contributed by atoms with van der Waals surface area (Å²) in [6, 6.07) is 2.13. The molecule has 2 aliphatic heterocycles. The monoisotopic (exact) mass is 386 g/mol. The number of fused-ring (bicyclic) bond motifs is 1. The van der Waals surface area contributed by atoms with Gasteiger partial charge in [0.25, 0.3) is 0 Å². The van der Waals surface area contributed by atoms with Crippen LogP contribution in [-0.2, 0) is 17.6 Å². The second kappa shape index (κ2) is 7.59. The van der Waals surface area contributed by atoms with E-state index in [4.69, 9.17) is 9.72 Å². The number of anilines is 3. The summed E-state index contributed by atoms with van der Waals surface area (Å²) >= 11 is 1.91. The number of ether oxygens (including phenoxy) is 1. The molecule has 0 spiro atoms. The van der Waals surface area contributed by atoms with Crippen molar-refractivity contribution in [3.8, 4) is 0 Å². The number of hydrogen-bond donors (Lipinski definition) is 0. The van der Waals surface area contributed by atoms with Gasteiger partial charge in [-0.25, -0.2) is 15.0 Å². The maximum atomic E-state index is 5.45. The van der Waals surface area contributed by atoms with E-state index in [1.165, 1.54) is 35.0 Å². The molecule has 2 saturated heterocycles. The van der Waals surface area contributed by atoms with Gasteiger partial charge in [-0.15, -0.1) is 11.3 Å². The average Bonchev–Trinajstić information content (AvgIpc) is 3.19. The fourth-order valence-electron chi connectivity index (χ4n) is 4.08. The van der Waals surface area contributed by atoms with E-state index in [0.29, 0.717) is 0 Å². The van der Waals surface area contributed by atoms with E-state index < -0.39 is 0 Å². The SMILES string of the molecule is c1nc(N2CCOCC2)cc(N2CCN(c3nc4c(s3)CCCC4)CC2)n1. The molecule has 0 atom stereocenters. The third kappa shape index (κ3) is 3.60. The molecule has 2 aromatic heterocycles. The van der Waals surface area contributed by atoms with Gasteiger partial charge in [-0.2, -0.15) is 0 Å². The highest BCUT2D eigenvalue weighted by molar-refractivity contribution is 7.15. The zero-order valence-electron chi connectivity index (χ0n) is 15.6. The zero-order valence-corrected chi connectivity index (χ0v) is 16.5. The molecule has 4 heterocycles. The summed E-state index contributed by atoms with van der Waals surface area (Å²) in [5, 5.41) is 1.22. The van der Waals surface area contributed by atoms with Crippen molar-refractivity contribution < 1.29 is 4.74 Å². The van der Waals surface area contributed by atoms with E-state index in [0.717, 1.165) is 70.5 Å². The van der Waals surface area contributed by atoms with Crippen molar-refractivity contribution in [1.82, 2.24) is 15.0 Å². The molecule has 2 aromatic rings. The lowest BCUT2D eigenvalue weighted by Crippen LogP contribution is -2.47. The van der Waals surface area contributed by atoms with Crippen LogP contribution < -0.4 is 14.7 Å². The number of aryl methyl sites for hydroxylation is 2. The topological polar surface area (TPSA) is 57.6 Å². The summed E-state index contributed by atoms with van der Waals surface area (Å²) in [6.07, 6.45) is 6.70. The van der Waals surface area contributed by atoms with E-state index in [9.17, 15) is 0 Å². The molecule has 0 saturated carbocycles. The van der Waals surface area contributed by atoms with Crippen LogP contribution >= 0.6 is 11.3 Å². The average molecular weight is 387 g/mol. The van der Waals surface area contributed by atoms with Crippen molar-refractivity contribution in [3.63, 3.8) is 0 Å². The Morgan fingerprint density at radius 3 is 2.22 bits per heavy atom. The van der Waals surface area contributed by atoms with Crippen LogP contribution in [0.4, 0.5) is 16.8 Å². The van der Waals surface area contributed by atoms with Gasteiger partial charge in [-0.1, -0.05) is 0 Å². The van der Waals surface area contributed by atoms with Gasteiger partial charge in [0, 0.05) is 50.2 Å². The lowest BCUT2D eigenvalue weighted by Gasteiger charge is -2.35. The van der Waals surface area contributed by atoms with Gasteiger partial charge < -0.3 is 19.4 Å². The van der Waals surface area contributed by atoms with Gasteiger partial charge >= 0.3 is 0 Å². The molecule has 1 aliphatic carbocycles. The number of morpholine rings is 1. The largest absolute Gasteiger partial charge is 0.378 e. The Morgan fingerprint density at radius 1 is 0.815 bits per heavy atom. The Balaban J connectivity index is 1.24. The van der Waals surface area contributed by atoms with Gasteiger partial charge in [0.2, 0.25) is 0 Å². The lowest BCUT2D eigenvalue weighted by atomic mass is 10.0. The molecule has 0 N–H and O–H groups in total. The molecule has 3 aliphatic rings. The number of nitrogens with zero attached hydrogens (tertiary/aromatic N) is 6. The van der Waals surface area contributed by atoms with Crippen molar-refractivity contribution in [2.45, 2.75) is 25.7 Å². The Morgan fingerprint density at radius 2 is 1.48 bits per heavy atom. The second-order valence-corrected chi connectivity index (χ2v) is 8.44. The quantitative estimate of drug-likeness (QED) is 0.799. The molecule has 5 rings (SSSR count). The van der Waals surface area contributed by atoms with Gasteiger partial charge in [0.05, 0.1) is 18.9 Å². The maximum absolute atomic E-state index is 5.45. The van der Waals surface area contributed by atoms with Crippen LogP contribution in [0.1, 0.15) is 23.4 Å². The van der Waals surface area contributed by atoms with Crippen molar-refractivity contribution in [2.75, 3.05) is 67.2 Å². The third-order valence-electron chi connectivity index (χ3n) is 5.68. The van der Waals surface area contributed by atoms with Crippen LogP contribution in [0.2, 0.25) is 0 Å². The number of hydrogen-bond acceptors (Lipinski definition) is 8. The Bertz CT molecular complexity index is 759. The first-order valence-electron chi connectivity index (χ1n) is 10.00. The number of aromatic nitrogens is 3. The summed E-state index contributed by atoms with van der Waals surface area (Å²) in [6.45, 7) is 7.31. The summed E-state index contributed by atoms with van der Waals surface area (Å²) in [7, 11) is 0. The first kappa shape index (κ1) is 17.2. The van der Waals surface area contributed by atoms with E-state index in [-0.39, 0.29) is 0 Å². The molecule has 0 unspecified atom stereocenters. The molecule has 7 nitrogen and oxygen atoms in total. The Kier molecular flexibility index (Phi) is 4.83. The third-order valence-corrected chi connectivity index (χ3v) is 6.90. The molecular formula is C19H26N6OS. The fourth-order valence-corrected chi connectivity index (χ4v) is 5.28. The predicted molar refractivity (Wildman–Crippen MR) is 108 cm³/mol. The molecule has 2 fully saturated rings. The zero-order chi connectivity index (χ0) is 18.1. The Hall–Kier alpha value is -1.93. The lowest BCUT2D eigenvalue weighted by molar-refractivity contribution is 0.122. The summed E-state index contributed by atoms with van der Waals surface area (Å²) in [4.78, 5) is 22.6. The summed E-state index contributed by atoms with van der Waals surface area (Å²) in [5.41, 5.74) is 1.36. The second-order valence-electron chi connectivity index (χ2n) is 7.38. The summed E-state index contributed by atoms with van der Waals surface area (Å²) < 4.78 is 5.45. The predicted octanol–water partition coefficient (Wildman–Crippen LogP) is 1.98. The molecule has 27 heavy (non-hydrogen) atoms. The highest BCUT2D eigenvalue weighted by Crippen LogP contribution is 2.32. The summed E-state index contributed by atoms with van der Waals surface area (Å²) in [5.74, 6) is 2.04. The van der Waals surface area contributed by atoms with E-state index in [2.05, 4.69) is 30.7 Å².